The van der Waals surface area contributed by atoms with Crippen LogP contribution in [0.15, 0.2) is 0 Å². The molecule has 1 atom stereocenters. The van der Waals surface area contributed by atoms with Gasteiger partial charge in [0.1, 0.15) is 0 Å². The lowest BCUT2D eigenvalue weighted by molar-refractivity contribution is 0.148. The van der Waals surface area contributed by atoms with Crippen molar-refractivity contribution in [2.75, 3.05) is 45.8 Å². The molecule has 0 aromatic rings. The second kappa shape index (κ2) is 6.36. The number of nitrogens with one attached hydrogen (secondary N) is 1. The van der Waals surface area contributed by atoms with Gasteiger partial charge in [-0.3, -0.25) is 0 Å². The van der Waals surface area contributed by atoms with Gasteiger partial charge in [0.2, 0.25) is 0 Å². The molecule has 3 heterocycles. The van der Waals surface area contributed by atoms with Crippen LogP contribution in [-0.2, 0) is 0 Å². The molecule has 3 fully saturated rings. The van der Waals surface area contributed by atoms with Crippen molar-refractivity contribution < 1.29 is 0 Å². The predicted octanol–water partition coefficient (Wildman–Crippen LogP) is 1.55. The molecule has 0 saturated carbocycles. The molecule has 0 amide bonds. The Kier molecular flexibility index (Phi) is 4.55. The average molecular weight is 251 g/mol. The van der Waals surface area contributed by atoms with Crippen LogP contribution in [0.3, 0.4) is 0 Å². The summed E-state index contributed by atoms with van der Waals surface area (Å²) < 4.78 is 0. The van der Waals surface area contributed by atoms with Crippen LogP contribution in [0.2, 0.25) is 0 Å². The van der Waals surface area contributed by atoms with Gasteiger partial charge in [0.15, 0.2) is 0 Å². The lowest BCUT2D eigenvalue weighted by Crippen LogP contribution is -2.43. The van der Waals surface area contributed by atoms with E-state index in [1.165, 1.54) is 84.3 Å². The van der Waals surface area contributed by atoms with E-state index >= 15 is 0 Å². The first-order valence-corrected chi connectivity index (χ1v) is 8.10. The highest BCUT2D eigenvalue weighted by molar-refractivity contribution is 4.85. The minimum Gasteiger partial charge on any atom is -0.314 e. The van der Waals surface area contributed by atoms with Gasteiger partial charge >= 0.3 is 0 Å². The largest absolute Gasteiger partial charge is 0.314 e. The lowest BCUT2D eigenvalue weighted by Gasteiger charge is -2.35. The van der Waals surface area contributed by atoms with E-state index in [1.807, 2.05) is 0 Å². The van der Waals surface area contributed by atoms with Gasteiger partial charge in [0.25, 0.3) is 0 Å². The number of piperidine rings is 1. The van der Waals surface area contributed by atoms with E-state index in [9.17, 15) is 0 Å². The van der Waals surface area contributed by atoms with Crippen molar-refractivity contribution in [1.29, 1.82) is 0 Å². The average Bonchev–Trinajstić information content (AvgIpc) is 3.10. The third-order valence-electron chi connectivity index (χ3n) is 5.23. The summed E-state index contributed by atoms with van der Waals surface area (Å²) in [4.78, 5) is 5.34. The standard InChI is InChI=1S/C15H29N3/c1-2-9-17(8-1)12-13-18-10-5-14(6-11-18)15-4-3-7-16-15/h14-16H,1-13H2. The van der Waals surface area contributed by atoms with Crippen molar-refractivity contribution >= 4 is 0 Å². The van der Waals surface area contributed by atoms with E-state index in [2.05, 4.69) is 15.1 Å². The molecule has 0 aromatic carbocycles. The maximum absolute atomic E-state index is 3.69. The summed E-state index contributed by atoms with van der Waals surface area (Å²) in [6.45, 7) is 9.27. The van der Waals surface area contributed by atoms with Gasteiger partial charge in [-0.2, -0.15) is 0 Å². The fourth-order valence-corrected chi connectivity index (χ4v) is 3.98. The minimum absolute atomic E-state index is 0.853. The van der Waals surface area contributed by atoms with Gasteiger partial charge in [0, 0.05) is 19.1 Å². The number of nitrogens with zero attached hydrogens (tertiary/aromatic N) is 2. The van der Waals surface area contributed by atoms with Gasteiger partial charge in [-0.1, -0.05) is 0 Å². The Labute approximate surface area is 112 Å². The third-order valence-corrected chi connectivity index (χ3v) is 5.23. The maximum Gasteiger partial charge on any atom is 0.0109 e. The predicted molar refractivity (Wildman–Crippen MR) is 75.9 cm³/mol. The molecule has 18 heavy (non-hydrogen) atoms. The van der Waals surface area contributed by atoms with E-state index in [4.69, 9.17) is 0 Å². The van der Waals surface area contributed by atoms with Crippen LogP contribution in [0.25, 0.3) is 0 Å². The number of rotatable bonds is 4. The van der Waals surface area contributed by atoms with E-state index in [1.54, 1.807) is 0 Å². The Morgan fingerprint density at radius 1 is 0.778 bits per heavy atom. The fourth-order valence-electron chi connectivity index (χ4n) is 3.98. The van der Waals surface area contributed by atoms with Gasteiger partial charge in [0.05, 0.1) is 0 Å². The first-order chi connectivity index (χ1) is 8.92. The first-order valence-electron chi connectivity index (χ1n) is 8.10. The summed E-state index contributed by atoms with van der Waals surface area (Å²) >= 11 is 0. The van der Waals surface area contributed by atoms with Crippen molar-refractivity contribution in [2.24, 2.45) is 5.92 Å². The van der Waals surface area contributed by atoms with Crippen LogP contribution in [-0.4, -0.2) is 61.7 Å². The topological polar surface area (TPSA) is 18.5 Å². The number of likely N-dealkylation sites (tertiary alicyclic amines) is 2. The van der Waals surface area contributed by atoms with E-state index in [0.29, 0.717) is 0 Å². The molecule has 104 valence electrons. The molecule has 1 N–H and O–H groups in total. The Morgan fingerprint density at radius 3 is 2.06 bits per heavy atom. The normalized spacial score (nSPS) is 32.3. The van der Waals surface area contributed by atoms with Gasteiger partial charge < -0.3 is 15.1 Å². The molecular formula is C15H29N3. The van der Waals surface area contributed by atoms with Gasteiger partial charge in [-0.05, 0) is 77.2 Å². The van der Waals surface area contributed by atoms with Gasteiger partial charge in [-0.25, -0.2) is 0 Å². The zero-order valence-electron chi connectivity index (χ0n) is 11.7. The molecule has 0 bridgehead atoms. The summed E-state index contributed by atoms with van der Waals surface area (Å²) in [5.74, 6) is 0.968. The van der Waals surface area contributed by atoms with Crippen LogP contribution in [0.4, 0.5) is 0 Å². The smallest absolute Gasteiger partial charge is 0.0109 e. The molecular weight excluding hydrogens is 222 g/mol. The molecule has 1 unspecified atom stereocenters. The summed E-state index contributed by atoms with van der Waals surface area (Å²) in [5.41, 5.74) is 0. The molecule has 3 rings (SSSR count). The molecule has 0 aliphatic carbocycles. The van der Waals surface area contributed by atoms with Crippen LogP contribution >= 0.6 is 0 Å². The van der Waals surface area contributed by atoms with Crippen LogP contribution in [0.5, 0.6) is 0 Å². The number of hydrogen-bond donors (Lipinski definition) is 1. The molecule has 0 aromatic heterocycles. The highest BCUT2D eigenvalue weighted by Gasteiger charge is 2.28. The first kappa shape index (κ1) is 12.9. The third kappa shape index (κ3) is 3.25. The summed E-state index contributed by atoms with van der Waals surface area (Å²) in [5, 5.41) is 3.69. The van der Waals surface area contributed by atoms with Crippen molar-refractivity contribution in [1.82, 2.24) is 15.1 Å². The second-order valence-electron chi connectivity index (χ2n) is 6.43. The molecule has 0 radical (unpaired) electrons. The van der Waals surface area contributed by atoms with Gasteiger partial charge in [-0.15, -0.1) is 0 Å². The van der Waals surface area contributed by atoms with E-state index in [0.717, 1.165) is 12.0 Å². The Bertz CT molecular complexity index is 236. The van der Waals surface area contributed by atoms with Crippen LogP contribution in [0, 0.1) is 5.92 Å². The Balaban J connectivity index is 1.34. The second-order valence-corrected chi connectivity index (χ2v) is 6.43. The monoisotopic (exact) mass is 251 g/mol. The highest BCUT2D eigenvalue weighted by atomic mass is 15.2. The highest BCUT2D eigenvalue weighted by Crippen LogP contribution is 2.25. The molecule has 3 saturated heterocycles. The fraction of sp³-hybridized carbons (Fsp3) is 1.00. The van der Waals surface area contributed by atoms with E-state index < -0.39 is 0 Å². The zero-order valence-corrected chi connectivity index (χ0v) is 11.7. The molecule has 3 heteroatoms. The van der Waals surface area contributed by atoms with Crippen LogP contribution in [0.1, 0.15) is 38.5 Å². The van der Waals surface area contributed by atoms with Crippen molar-refractivity contribution in [3.05, 3.63) is 0 Å². The van der Waals surface area contributed by atoms with Crippen molar-refractivity contribution in [3.8, 4) is 0 Å². The lowest BCUT2D eigenvalue weighted by atomic mass is 9.88. The van der Waals surface area contributed by atoms with Crippen molar-refractivity contribution in [3.63, 3.8) is 0 Å². The van der Waals surface area contributed by atoms with Crippen LogP contribution < -0.4 is 5.32 Å². The summed E-state index contributed by atoms with van der Waals surface area (Å²) in [6, 6.07) is 0.853. The molecule has 3 aliphatic heterocycles. The summed E-state index contributed by atoms with van der Waals surface area (Å²) in [7, 11) is 0. The summed E-state index contributed by atoms with van der Waals surface area (Å²) in [6.07, 6.45) is 8.54. The van der Waals surface area contributed by atoms with Crippen molar-refractivity contribution in [2.45, 2.75) is 44.6 Å². The SMILES string of the molecule is C1CNC(C2CCN(CCN3CCCC3)CC2)C1. The molecule has 3 nitrogen and oxygen atoms in total. The minimum atomic E-state index is 0.853. The molecule has 0 spiro atoms. The molecule has 3 aliphatic rings. The quantitative estimate of drug-likeness (QED) is 0.818. The number of hydrogen-bond acceptors (Lipinski definition) is 3. The van der Waals surface area contributed by atoms with E-state index in [-0.39, 0.29) is 0 Å². The Hall–Kier alpha value is -0.120. The maximum atomic E-state index is 3.69. The zero-order chi connectivity index (χ0) is 12.2. The Morgan fingerprint density at radius 2 is 1.44 bits per heavy atom.